The van der Waals surface area contributed by atoms with Gasteiger partial charge in [0.05, 0.1) is 5.39 Å². The second kappa shape index (κ2) is 6.61. The Kier molecular flexibility index (Phi) is 4.38. The fraction of sp³-hybridized carbons (Fsp3) is 0.250. The van der Waals surface area contributed by atoms with E-state index in [1.54, 1.807) is 12.1 Å². The molecule has 3 rings (SSSR count). The van der Waals surface area contributed by atoms with Crippen molar-refractivity contribution in [2.75, 3.05) is 0 Å². The summed E-state index contributed by atoms with van der Waals surface area (Å²) >= 11 is 0. The Morgan fingerprint density at radius 2 is 1.73 bits per heavy atom. The highest BCUT2D eigenvalue weighted by Crippen LogP contribution is 2.26. The molecule has 1 aromatic heterocycles. The molecule has 112 valence electrons. The Bertz CT molecular complexity index is 830. The lowest BCUT2D eigenvalue weighted by molar-refractivity contribution is 0.617. The monoisotopic (exact) mass is 292 g/mol. The lowest BCUT2D eigenvalue weighted by Gasteiger charge is -2.09. The molecule has 0 aliphatic rings. The van der Waals surface area contributed by atoms with Crippen LogP contribution in [0.1, 0.15) is 31.7 Å². The van der Waals surface area contributed by atoms with Crippen LogP contribution in [0.5, 0.6) is 0 Å². The van der Waals surface area contributed by atoms with Crippen molar-refractivity contribution in [3.05, 3.63) is 70.4 Å². The summed E-state index contributed by atoms with van der Waals surface area (Å²) in [5.41, 5.74) is 2.93. The van der Waals surface area contributed by atoms with E-state index in [1.165, 1.54) is 18.4 Å². The molecule has 2 nitrogen and oxygen atoms in total. The second-order valence-electron chi connectivity index (χ2n) is 5.59. The van der Waals surface area contributed by atoms with Crippen molar-refractivity contribution in [2.45, 2.75) is 32.6 Å². The lowest BCUT2D eigenvalue weighted by atomic mass is 9.99. The summed E-state index contributed by atoms with van der Waals surface area (Å²) in [7, 11) is 0. The van der Waals surface area contributed by atoms with Crippen LogP contribution in [0.15, 0.2) is 63.8 Å². The van der Waals surface area contributed by atoms with Gasteiger partial charge >= 0.3 is 0 Å². The first-order chi connectivity index (χ1) is 10.8. The molecule has 0 saturated carbocycles. The largest absolute Gasteiger partial charge is 0.456 e. The number of benzene rings is 2. The van der Waals surface area contributed by atoms with E-state index in [9.17, 15) is 4.79 Å². The minimum absolute atomic E-state index is 0.0141. The van der Waals surface area contributed by atoms with E-state index in [-0.39, 0.29) is 5.43 Å². The number of para-hydroxylation sites is 1. The maximum absolute atomic E-state index is 12.3. The molecule has 1 heterocycles. The lowest BCUT2D eigenvalue weighted by Crippen LogP contribution is -2.01. The van der Waals surface area contributed by atoms with Crippen molar-refractivity contribution in [3.63, 3.8) is 0 Å². The zero-order chi connectivity index (χ0) is 15.4. The van der Waals surface area contributed by atoms with Gasteiger partial charge in [-0.15, -0.1) is 0 Å². The summed E-state index contributed by atoms with van der Waals surface area (Å²) < 4.78 is 5.98. The summed E-state index contributed by atoms with van der Waals surface area (Å²) in [4.78, 5) is 12.3. The Morgan fingerprint density at radius 1 is 0.955 bits per heavy atom. The van der Waals surface area contributed by atoms with Crippen molar-refractivity contribution in [1.29, 1.82) is 0 Å². The molecule has 2 heteroatoms. The number of aryl methyl sites for hydroxylation is 1. The van der Waals surface area contributed by atoms with Gasteiger partial charge in [0, 0.05) is 11.6 Å². The van der Waals surface area contributed by atoms with Crippen LogP contribution < -0.4 is 5.43 Å². The fourth-order valence-corrected chi connectivity index (χ4v) is 2.78. The smallest absolute Gasteiger partial charge is 0.193 e. The first-order valence-electron chi connectivity index (χ1n) is 7.91. The standard InChI is InChI=1S/C20H20O2/c1-2-3-4-9-15-10-5-6-11-16(15)20-14-18(21)17-12-7-8-13-19(17)22-20/h5-8,10-14H,2-4,9H2,1H3. The van der Waals surface area contributed by atoms with Gasteiger partial charge < -0.3 is 4.42 Å². The third-order valence-electron chi connectivity index (χ3n) is 3.97. The van der Waals surface area contributed by atoms with Gasteiger partial charge in [-0.2, -0.15) is 0 Å². The van der Waals surface area contributed by atoms with Crippen LogP contribution in [0.4, 0.5) is 0 Å². The summed E-state index contributed by atoms with van der Waals surface area (Å²) in [6.45, 7) is 2.20. The summed E-state index contributed by atoms with van der Waals surface area (Å²) in [6.07, 6.45) is 4.59. The molecule has 0 unspecified atom stereocenters. The molecule has 0 atom stereocenters. The normalized spacial score (nSPS) is 11.0. The van der Waals surface area contributed by atoms with Crippen molar-refractivity contribution in [2.24, 2.45) is 0 Å². The maximum Gasteiger partial charge on any atom is 0.193 e. The van der Waals surface area contributed by atoms with Crippen LogP contribution in [-0.4, -0.2) is 0 Å². The molecule has 0 amide bonds. The Hall–Kier alpha value is -2.35. The summed E-state index contributed by atoms with van der Waals surface area (Å²) in [5, 5.41) is 0.634. The molecule has 0 aliphatic carbocycles. The zero-order valence-corrected chi connectivity index (χ0v) is 12.8. The van der Waals surface area contributed by atoms with Crippen LogP contribution in [0.25, 0.3) is 22.3 Å². The highest BCUT2D eigenvalue weighted by atomic mass is 16.3. The minimum atomic E-state index is 0.0141. The molecule has 0 radical (unpaired) electrons. The molecule has 3 aromatic rings. The van der Waals surface area contributed by atoms with Gasteiger partial charge in [-0.1, -0.05) is 56.2 Å². The van der Waals surface area contributed by atoms with Crippen molar-refractivity contribution in [1.82, 2.24) is 0 Å². The first kappa shape index (κ1) is 14.6. The molecular weight excluding hydrogens is 272 g/mol. The van der Waals surface area contributed by atoms with Crippen LogP contribution in [0.2, 0.25) is 0 Å². The molecule has 0 spiro atoms. The second-order valence-corrected chi connectivity index (χ2v) is 5.59. The van der Waals surface area contributed by atoms with E-state index in [0.29, 0.717) is 16.7 Å². The van der Waals surface area contributed by atoms with E-state index in [4.69, 9.17) is 4.42 Å². The van der Waals surface area contributed by atoms with Crippen LogP contribution in [-0.2, 0) is 6.42 Å². The fourth-order valence-electron chi connectivity index (χ4n) is 2.78. The Labute approximate surface area is 130 Å². The quantitative estimate of drug-likeness (QED) is 0.605. The van der Waals surface area contributed by atoms with Gasteiger partial charge in [0.15, 0.2) is 5.43 Å². The van der Waals surface area contributed by atoms with Crippen molar-refractivity contribution >= 4 is 11.0 Å². The third kappa shape index (κ3) is 2.96. The third-order valence-corrected chi connectivity index (χ3v) is 3.97. The molecule has 0 bridgehead atoms. The highest BCUT2D eigenvalue weighted by Gasteiger charge is 2.10. The van der Waals surface area contributed by atoms with Crippen LogP contribution >= 0.6 is 0 Å². The molecule has 0 aliphatic heterocycles. The van der Waals surface area contributed by atoms with Gasteiger partial charge in [-0.3, -0.25) is 4.79 Å². The van der Waals surface area contributed by atoms with E-state index in [1.807, 2.05) is 36.4 Å². The first-order valence-corrected chi connectivity index (χ1v) is 7.91. The number of rotatable bonds is 5. The van der Waals surface area contributed by atoms with Gasteiger partial charge in [0.25, 0.3) is 0 Å². The molecule has 22 heavy (non-hydrogen) atoms. The molecule has 2 aromatic carbocycles. The predicted octanol–water partition coefficient (Wildman–Crippen LogP) is 5.19. The van der Waals surface area contributed by atoms with Crippen molar-refractivity contribution < 1.29 is 4.42 Å². The predicted molar refractivity (Wildman–Crippen MR) is 91.1 cm³/mol. The molecule has 0 saturated heterocycles. The molecule has 0 fully saturated rings. The van der Waals surface area contributed by atoms with Crippen LogP contribution in [0, 0.1) is 0 Å². The average molecular weight is 292 g/mol. The number of unbranched alkanes of at least 4 members (excludes halogenated alkanes) is 2. The van der Waals surface area contributed by atoms with Crippen molar-refractivity contribution in [3.8, 4) is 11.3 Å². The van der Waals surface area contributed by atoms with E-state index >= 15 is 0 Å². The van der Waals surface area contributed by atoms with E-state index in [0.717, 1.165) is 18.4 Å². The van der Waals surface area contributed by atoms with Crippen LogP contribution in [0.3, 0.4) is 0 Å². The SMILES string of the molecule is CCCCCc1ccccc1-c1cc(=O)c2ccccc2o1. The average Bonchev–Trinajstić information content (AvgIpc) is 2.55. The highest BCUT2D eigenvalue weighted by molar-refractivity contribution is 5.78. The zero-order valence-electron chi connectivity index (χ0n) is 12.8. The Balaban J connectivity index is 2.06. The van der Waals surface area contributed by atoms with Gasteiger partial charge in [-0.25, -0.2) is 0 Å². The van der Waals surface area contributed by atoms with Gasteiger partial charge in [0.2, 0.25) is 0 Å². The number of hydrogen-bond donors (Lipinski definition) is 0. The topological polar surface area (TPSA) is 30.2 Å². The molecule has 0 N–H and O–H groups in total. The maximum atomic E-state index is 12.3. The van der Waals surface area contributed by atoms with E-state index < -0.39 is 0 Å². The van der Waals surface area contributed by atoms with Gasteiger partial charge in [-0.05, 0) is 30.5 Å². The van der Waals surface area contributed by atoms with Gasteiger partial charge in [0.1, 0.15) is 11.3 Å². The number of hydrogen-bond acceptors (Lipinski definition) is 2. The Morgan fingerprint density at radius 3 is 2.59 bits per heavy atom. The molecular formula is C20H20O2. The number of fused-ring (bicyclic) bond motifs is 1. The summed E-state index contributed by atoms with van der Waals surface area (Å²) in [5.74, 6) is 0.663. The summed E-state index contributed by atoms with van der Waals surface area (Å²) in [6, 6.07) is 17.2. The minimum Gasteiger partial charge on any atom is -0.456 e. The van der Waals surface area contributed by atoms with E-state index in [2.05, 4.69) is 13.0 Å².